The van der Waals surface area contributed by atoms with E-state index in [9.17, 15) is 4.79 Å². The lowest BCUT2D eigenvalue weighted by Crippen LogP contribution is -2.21. The molecule has 0 radical (unpaired) electrons. The molecule has 0 N–H and O–H groups in total. The van der Waals surface area contributed by atoms with E-state index in [1.807, 2.05) is 0 Å². The SMILES string of the molecule is CCCCCCC(C(=O)OC)C(C)C. The lowest BCUT2D eigenvalue weighted by atomic mass is 9.90. The molecule has 0 saturated carbocycles. The maximum atomic E-state index is 11.4. The van der Waals surface area contributed by atoms with Gasteiger partial charge in [-0.3, -0.25) is 4.79 Å². The molecular formula is C12H24O2. The van der Waals surface area contributed by atoms with Gasteiger partial charge < -0.3 is 4.74 Å². The molecule has 0 heterocycles. The molecular weight excluding hydrogens is 176 g/mol. The van der Waals surface area contributed by atoms with Crippen molar-refractivity contribution in [3.63, 3.8) is 0 Å². The van der Waals surface area contributed by atoms with E-state index >= 15 is 0 Å². The summed E-state index contributed by atoms with van der Waals surface area (Å²) in [6, 6.07) is 0. The summed E-state index contributed by atoms with van der Waals surface area (Å²) in [5.74, 6) is 0.442. The van der Waals surface area contributed by atoms with E-state index in [0.717, 1.165) is 12.8 Å². The Morgan fingerprint density at radius 2 is 1.86 bits per heavy atom. The number of esters is 1. The van der Waals surface area contributed by atoms with Gasteiger partial charge >= 0.3 is 5.97 Å². The number of carbonyl (C=O) groups is 1. The van der Waals surface area contributed by atoms with E-state index in [2.05, 4.69) is 20.8 Å². The van der Waals surface area contributed by atoms with E-state index in [-0.39, 0.29) is 11.9 Å². The molecule has 1 unspecified atom stereocenters. The van der Waals surface area contributed by atoms with Crippen LogP contribution < -0.4 is 0 Å². The molecule has 0 aromatic rings. The minimum atomic E-state index is -0.0449. The summed E-state index contributed by atoms with van der Waals surface area (Å²) in [5.41, 5.74) is 0. The second-order valence-electron chi connectivity index (χ2n) is 4.22. The van der Waals surface area contributed by atoms with Crippen LogP contribution in [0.3, 0.4) is 0 Å². The van der Waals surface area contributed by atoms with Crippen LogP contribution in [-0.2, 0) is 9.53 Å². The molecule has 0 rings (SSSR count). The normalized spacial score (nSPS) is 12.9. The van der Waals surface area contributed by atoms with Gasteiger partial charge in [0.25, 0.3) is 0 Å². The Labute approximate surface area is 88.0 Å². The summed E-state index contributed by atoms with van der Waals surface area (Å²) in [5, 5.41) is 0. The largest absolute Gasteiger partial charge is 0.469 e. The van der Waals surface area contributed by atoms with Crippen LogP contribution >= 0.6 is 0 Å². The number of hydrogen-bond donors (Lipinski definition) is 0. The third-order valence-electron chi connectivity index (χ3n) is 2.68. The molecule has 2 nitrogen and oxygen atoms in total. The minimum absolute atomic E-state index is 0.0449. The fourth-order valence-corrected chi connectivity index (χ4v) is 1.67. The third-order valence-corrected chi connectivity index (χ3v) is 2.68. The quantitative estimate of drug-likeness (QED) is 0.465. The average molecular weight is 200 g/mol. The van der Waals surface area contributed by atoms with Crippen LogP contribution in [0.25, 0.3) is 0 Å². The Morgan fingerprint density at radius 3 is 2.29 bits per heavy atom. The fraction of sp³-hybridized carbons (Fsp3) is 0.917. The molecule has 0 bridgehead atoms. The molecule has 0 aromatic carbocycles. The second kappa shape index (κ2) is 7.84. The summed E-state index contributed by atoms with van der Waals surface area (Å²) in [4.78, 5) is 11.4. The second-order valence-corrected chi connectivity index (χ2v) is 4.22. The van der Waals surface area contributed by atoms with Crippen molar-refractivity contribution in [2.75, 3.05) is 7.11 Å². The number of rotatable bonds is 7. The highest BCUT2D eigenvalue weighted by molar-refractivity contribution is 5.72. The van der Waals surface area contributed by atoms with E-state index in [0.29, 0.717) is 5.92 Å². The van der Waals surface area contributed by atoms with E-state index in [4.69, 9.17) is 4.74 Å². The first-order valence-electron chi connectivity index (χ1n) is 5.71. The van der Waals surface area contributed by atoms with Gasteiger partial charge in [0, 0.05) is 0 Å². The molecule has 1 atom stereocenters. The smallest absolute Gasteiger partial charge is 0.308 e. The van der Waals surface area contributed by atoms with Gasteiger partial charge in [-0.25, -0.2) is 0 Å². The van der Waals surface area contributed by atoms with Gasteiger partial charge in [0.1, 0.15) is 0 Å². The number of methoxy groups -OCH3 is 1. The first-order chi connectivity index (χ1) is 6.63. The van der Waals surface area contributed by atoms with Gasteiger partial charge in [-0.2, -0.15) is 0 Å². The molecule has 0 amide bonds. The standard InChI is InChI=1S/C12H24O2/c1-5-6-7-8-9-11(10(2)3)12(13)14-4/h10-11H,5-9H2,1-4H3. The molecule has 0 spiro atoms. The van der Waals surface area contributed by atoms with Crippen LogP contribution in [0.15, 0.2) is 0 Å². The molecule has 0 aromatic heterocycles. The third kappa shape index (κ3) is 5.25. The van der Waals surface area contributed by atoms with Crippen molar-refractivity contribution < 1.29 is 9.53 Å². The number of carbonyl (C=O) groups excluding carboxylic acids is 1. The zero-order chi connectivity index (χ0) is 11.0. The van der Waals surface area contributed by atoms with Gasteiger partial charge in [0.15, 0.2) is 0 Å². The highest BCUT2D eigenvalue weighted by Crippen LogP contribution is 2.20. The molecule has 14 heavy (non-hydrogen) atoms. The molecule has 0 aliphatic heterocycles. The van der Waals surface area contributed by atoms with Crippen molar-refractivity contribution in [1.29, 1.82) is 0 Å². The minimum Gasteiger partial charge on any atom is -0.469 e. The molecule has 0 aliphatic rings. The van der Waals surface area contributed by atoms with Crippen LogP contribution in [0.1, 0.15) is 52.9 Å². The topological polar surface area (TPSA) is 26.3 Å². The first-order valence-corrected chi connectivity index (χ1v) is 5.71. The Kier molecular flexibility index (Phi) is 7.54. The van der Waals surface area contributed by atoms with Crippen molar-refractivity contribution in [2.45, 2.75) is 52.9 Å². The monoisotopic (exact) mass is 200 g/mol. The summed E-state index contributed by atoms with van der Waals surface area (Å²) >= 11 is 0. The molecule has 2 heteroatoms. The molecule has 0 saturated heterocycles. The Balaban J connectivity index is 3.80. The summed E-state index contributed by atoms with van der Waals surface area (Å²) in [6.07, 6.45) is 5.86. The summed E-state index contributed by atoms with van der Waals surface area (Å²) in [7, 11) is 1.48. The average Bonchev–Trinajstić information content (AvgIpc) is 2.16. The summed E-state index contributed by atoms with van der Waals surface area (Å²) < 4.78 is 4.79. The number of ether oxygens (including phenoxy) is 1. The van der Waals surface area contributed by atoms with E-state index < -0.39 is 0 Å². The van der Waals surface area contributed by atoms with Crippen LogP contribution in [0, 0.1) is 11.8 Å². The van der Waals surface area contributed by atoms with E-state index in [1.165, 1.54) is 26.4 Å². The van der Waals surface area contributed by atoms with Crippen molar-refractivity contribution in [2.24, 2.45) is 11.8 Å². The zero-order valence-electron chi connectivity index (χ0n) is 10.0. The Hall–Kier alpha value is -0.530. The number of unbranched alkanes of at least 4 members (excludes halogenated alkanes) is 3. The zero-order valence-corrected chi connectivity index (χ0v) is 10.0. The Bertz CT molecular complexity index is 152. The lowest BCUT2D eigenvalue weighted by molar-refractivity contribution is -0.147. The highest BCUT2D eigenvalue weighted by Gasteiger charge is 2.21. The van der Waals surface area contributed by atoms with Gasteiger partial charge in [-0.05, 0) is 12.3 Å². The molecule has 0 fully saturated rings. The van der Waals surface area contributed by atoms with Gasteiger partial charge in [-0.1, -0.05) is 46.5 Å². The van der Waals surface area contributed by atoms with E-state index in [1.54, 1.807) is 0 Å². The maximum Gasteiger partial charge on any atom is 0.308 e. The van der Waals surface area contributed by atoms with Crippen molar-refractivity contribution in [3.05, 3.63) is 0 Å². The highest BCUT2D eigenvalue weighted by atomic mass is 16.5. The fourth-order valence-electron chi connectivity index (χ4n) is 1.67. The van der Waals surface area contributed by atoms with Gasteiger partial charge in [0.2, 0.25) is 0 Å². The maximum absolute atomic E-state index is 11.4. The summed E-state index contributed by atoms with van der Waals surface area (Å²) in [6.45, 7) is 6.36. The van der Waals surface area contributed by atoms with Crippen LogP contribution in [0.5, 0.6) is 0 Å². The van der Waals surface area contributed by atoms with Crippen molar-refractivity contribution in [3.8, 4) is 0 Å². The molecule has 84 valence electrons. The lowest BCUT2D eigenvalue weighted by Gasteiger charge is -2.17. The van der Waals surface area contributed by atoms with Gasteiger partial charge in [0.05, 0.1) is 13.0 Å². The predicted octanol–water partition coefficient (Wildman–Crippen LogP) is 3.40. The van der Waals surface area contributed by atoms with Crippen molar-refractivity contribution in [1.82, 2.24) is 0 Å². The number of hydrogen-bond acceptors (Lipinski definition) is 2. The predicted molar refractivity (Wildman–Crippen MR) is 59.1 cm³/mol. The van der Waals surface area contributed by atoms with Crippen LogP contribution in [-0.4, -0.2) is 13.1 Å². The van der Waals surface area contributed by atoms with Crippen LogP contribution in [0.2, 0.25) is 0 Å². The van der Waals surface area contributed by atoms with Crippen LogP contribution in [0.4, 0.5) is 0 Å². The van der Waals surface area contributed by atoms with Crippen molar-refractivity contribution >= 4 is 5.97 Å². The van der Waals surface area contributed by atoms with Gasteiger partial charge in [-0.15, -0.1) is 0 Å². The Morgan fingerprint density at radius 1 is 1.21 bits per heavy atom. The first kappa shape index (κ1) is 13.5. The molecule has 0 aliphatic carbocycles.